The Kier molecular flexibility index (Phi) is 8.47. The zero-order chi connectivity index (χ0) is 28.3. The zero-order valence-electron chi connectivity index (χ0n) is 23.1. The van der Waals surface area contributed by atoms with Gasteiger partial charge in [-0.3, -0.25) is 14.6 Å². The number of rotatable bonds is 6. The second-order valence-corrected chi connectivity index (χ2v) is 16.3. The van der Waals surface area contributed by atoms with Crippen LogP contribution >= 0.6 is 24.2 Å². The number of carbonyl (C=O) groups is 4. The molecule has 0 unspecified atom stereocenters. The molecule has 224 valence electrons. The van der Waals surface area contributed by atoms with Gasteiger partial charge < -0.3 is 24.2 Å². The molecule has 0 aromatic heterocycles. The van der Waals surface area contributed by atoms with Crippen LogP contribution in [-0.2, 0) is 38.5 Å². The van der Waals surface area contributed by atoms with Gasteiger partial charge in [-0.15, -0.1) is 24.2 Å². The fourth-order valence-corrected chi connectivity index (χ4v) is 9.92. The van der Waals surface area contributed by atoms with Crippen molar-refractivity contribution in [2.24, 2.45) is 4.99 Å². The third-order valence-electron chi connectivity index (χ3n) is 8.52. The van der Waals surface area contributed by atoms with Crippen molar-refractivity contribution in [1.82, 2.24) is 14.7 Å². The van der Waals surface area contributed by atoms with Gasteiger partial charge in [0.1, 0.15) is 22.8 Å². The molecular formula is C25H37ClN4O8S2. The van der Waals surface area contributed by atoms with Crippen molar-refractivity contribution < 1.29 is 37.1 Å². The third kappa shape index (κ3) is 4.87. The SMILES string of the molecule is CC1(C)S[C@@H]2[C@H](N=CN3CCCCCCC3)C(=O)N2[C@H]1C(=O)OCOC(=O)[C@@H]1N2C(=O)C[C@H]2S(=O)(=O)C1(C)C.Cl. The molecule has 0 spiro atoms. The Hall–Kier alpha value is -2.06. The second-order valence-electron chi connectivity index (χ2n) is 11.8. The number of hydrogen-bond donors (Lipinski definition) is 0. The average Bonchev–Trinajstić information content (AvgIpc) is 3.15. The Morgan fingerprint density at radius 3 is 2.15 bits per heavy atom. The minimum atomic E-state index is -3.76. The Balaban J connectivity index is 0.00000370. The predicted octanol–water partition coefficient (Wildman–Crippen LogP) is 1.31. The molecule has 15 heteroatoms. The van der Waals surface area contributed by atoms with Gasteiger partial charge in [-0.25, -0.2) is 18.0 Å². The highest BCUT2D eigenvalue weighted by atomic mass is 35.5. The van der Waals surface area contributed by atoms with E-state index >= 15 is 0 Å². The molecule has 0 saturated carbocycles. The monoisotopic (exact) mass is 620 g/mol. The summed E-state index contributed by atoms with van der Waals surface area (Å²) in [5, 5.41) is -1.33. The van der Waals surface area contributed by atoms with Gasteiger partial charge in [0.05, 0.1) is 17.5 Å². The maximum Gasteiger partial charge on any atom is 0.333 e. The number of halogens is 1. The number of aliphatic imine (C=N–C) groups is 1. The molecule has 2 amide bonds. The van der Waals surface area contributed by atoms with Gasteiger partial charge in [0.2, 0.25) is 12.7 Å². The molecule has 0 aliphatic carbocycles. The van der Waals surface area contributed by atoms with Crippen LogP contribution < -0.4 is 0 Å². The van der Waals surface area contributed by atoms with Crippen molar-refractivity contribution in [1.29, 1.82) is 0 Å². The fraction of sp³-hybridized carbons (Fsp3) is 0.800. The van der Waals surface area contributed by atoms with Crippen LogP contribution in [0.15, 0.2) is 4.99 Å². The summed E-state index contributed by atoms with van der Waals surface area (Å²) in [5.41, 5.74) is 0. The highest BCUT2D eigenvalue weighted by molar-refractivity contribution is 8.01. The van der Waals surface area contributed by atoms with Crippen molar-refractivity contribution >= 4 is 64.1 Å². The lowest BCUT2D eigenvalue weighted by molar-refractivity contribution is -0.181. The molecule has 12 nitrogen and oxygen atoms in total. The van der Waals surface area contributed by atoms with Gasteiger partial charge >= 0.3 is 11.9 Å². The van der Waals surface area contributed by atoms with E-state index in [1.165, 1.54) is 49.8 Å². The van der Waals surface area contributed by atoms with Crippen molar-refractivity contribution in [2.45, 2.75) is 105 Å². The standard InChI is InChI=1S/C25H36N4O8S2.ClH/c1-24(2)18(29-20(31)17(21(29)38-24)26-13-27-10-8-6-5-7-9-11-27)22(32)36-14-37-23(33)19-25(3,4)39(34,35)16-12-15(30)28(16)19;/h13,16-19,21H,5-12,14H2,1-4H3;1H/t16-,17-,18+,19+,21-;/m1./s1. The Morgan fingerprint density at radius 2 is 1.55 bits per heavy atom. The van der Waals surface area contributed by atoms with Crippen LogP contribution in [0.4, 0.5) is 0 Å². The summed E-state index contributed by atoms with van der Waals surface area (Å²) in [5.74, 6) is -2.37. The molecule has 40 heavy (non-hydrogen) atoms. The van der Waals surface area contributed by atoms with Crippen LogP contribution in [0.25, 0.3) is 0 Å². The molecule has 0 N–H and O–H groups in total. The molecule has 5 fully saturated rings. The van der Waals surface area contributed by atoms with E-state index in [0.717, 1.165) is 30.8 Å². The first-order chi connectivity index (χ1) is 18.3. The highest BCUT2D eigenvalue weighted by Gasteiger charge is 2.68. The number of nitrogens with zero attached hydrogens (tertiary/aromatic N) is 4. The van der Waals surface area contributed by atoms with E-state index in [2.05, 4.69) is 9.89 Å². The molecule has 5 heterocycles. The number of likely N-dealkylation sites (tertiary alicyclic amines) is 1. The van der Waals surface area contributed by atoms with E-state index < -0.39 is 67.5 Å². The molecule has 0 bridgehead atoms. The lowest BCUT2D eigenvalue weighted by Crippen LogP contribution is -2.65. The van der Waals surface area contributed by atoms with Gasteiger partial charge in [-0.05, 0) is 40.5 Å². The summed E-state index contributed by atoms with van der Waals surface area (Å²) < 4.78 is 33.6. The molecule has 5 saturated heterocycles. The van der Waals surface area contributed by atoms with E-state index in [1.807, 2.05) is 13.8 Å². The quantitative estimate of drug-likeness (QED) is 0.140. The van der Waals surface area contributed by atoms with E-state index in [1.54, 1.807) is 6.34 Å². The topological polar surface area (TPSA) is 143 Å². The Labute approximate surface area is 244 Å². The molecule has 5 aliphatic rings. The maximum atomic E-state index is 13.1. The molecule has 0 aromatic rings. The van der Waals surface area contributed by atoms with Crippen molar-refractivity contribution in [3.8, 4) is 0 Å². The minimum Gasteiger partial charge on any atom is -0.426 e. The van der Waals surface area contributed by atoms with E-state index in [4.69, 9.17) is 9.47 Å². The van der Waals surface area contributed by atoms with E-state index in [-0.39, 0.29) is 30.1 Å². The average molecular weight is 621 g/mol. The van der Waals surface area contributed by atoms with Gasteiger partial charge in [0.15, 0.2) is 15.9 Å². The lowest BCUT2D eigenvalue weighted by Gasteiger charge is -2.42. The number of fused-ring (bicyclic) bond motifs is 2. The second kappa shape index (κ2) is 11.0. The number of amides is 2. The number of esters is 2. The van der Waals surface area contributed by atoms with Crippen LogP contribution in [0.3, 0.4) is 0 Å². The summed E-state index contributed by atoms with van der Waals surface area (Å²) in [6, 6.07) is -2.78. The highest BCUT2D eigenvalue weighted by Crippen LogP contribution is 2.52. The first kappa shape index (κ1) is 30.9. The minimum absolute atomic E-state index is 0. The summed E-state index contributed by atoms with van der Waals surface area (Å²) in [6.07, 6.45) is 7.47. The number of β-lactam (4-membered cyclic amide) rings is 2. The number of thioether (sulfide) groups is 1. The summed E-state index contributed by atoms with van der Waals surface area (Å²) in [7, 11) is -3.76. The normalized spacial score (nSPS) is 33.6. The first-order valence-electron chi connectivity index (χ1n) is 13.4. The van der Waals surface area contributed by atoms with E-state index in [9.17, 15) is 27.6 Å². The predicted molar refractivity (Wildman–Crippen MR) is 149 cm³/mol. The van der Waals surface area contributed by atoms with Crippen LogP contribution in [0, 0.1) is 0 Å². The van der Waals surface area contributed by atoms with Crippen molar-refractivity contribution in [3.63, 3.8) is 0 Å². The Morgan fingerprint density at radius 1 is 0.975 bits per heavy atom. The van der Waals surface area contributed by atoms with Crippen LogP contribution in [0.1, 0.15) is 66.2 Å². The van der Waals surface area contributed by atoms with E-state index in [0.29, 0.717) is 0 Å². The Bertz CT molecular complexity index is 1200. The largest absolute Gasteiger partial charge is 0.426 e. The number of sulfone groups is 1. The smallest absolute Gasteiger partial charge is 0.333 e. The lowest BCUT2D eigenvalue weighted by atomic mass is 9.96. The van der Waals surface area contributed by atoms with Crippen LogP contribution in [0.5, 0.6) is 0 Å². The van der Waals surface area contributed by atoms with Crippen molar-refractivity contribution in [3.05, 3.63) is 0 Å². The molecule has 5 atom stereocenters. The van der Waals surface area contributed by atoms with Gasteiger partial charge in [0.25, 0.3) is 5.91 Å². The van der Waals surface area contributed by atoms with Crippen LogP contribution in [-0.4, -0.2) is 111 Å². The van der Waals surface area contributed by atoms with Gasteiger partial charge in [0, 0.05) is 17.8 Å². The maximum absolute atomic E-state index is 13.1. The molecule has 5 rings (SSSR count). The summed E-state index contributed by atoms with van der Waals surface area (Å²) >= 11 is 1.48. The molecule has 5 aliphatic heterocycles. The fourth-order valence-electron chi connectivity index (χ4n) is 6.18. The first-order valence-corrected chi connectivity index (χ1v) is 15.9. The van der Waals surface area contributed by atoms with Crippen molar-refractivity contribution in [2.75, 3.05) is 19.9 Å². The van der Waals surface area contributed by atoms with Gasteiger partial charge in [-0.1, -0.05) is 19.3 Å². The third-order valence-corrected chi connectivity index (χ3v) is 12.9. The van der Waals surface area contributed by atoms with Gasteiger partial charge in [-0.2, -0.15) is 0 Å². The molecular weight excluding hydrogens is 584 g/mol. The zero-order valence-corrected chi connectivity index (χ0v) is 25.6. The van der Waals surface area contributed by atoms with Crippen LogP contribution in [0.2, 0.25) is 0 Å². The molecule has 0 radical (unpaired) electrons. The number of carbonyl (C=O) groups excluding carboxylic acids is 4. The molecule has 0 aromatic carbocycles. The number of ether oxygens (including phenoxy) is 2. The summed E-state index contributed by atoms with van der Waals surface area (Å²) in [4.78, 5) is 60.2. The summed E-state index contributed by atoms with van der Waals surface area (Å²) in [6.45, 7) is 7.55. The number of hydrogen-bond acceptors (Lipinski definition) is 10.